The molecule has 1 nitrogen and oxygen atoms in total. The Morgan fingerprint density at radius 2 is 1.93 bits per heavy atom. The number of hydrogen-bond acceptors (Lipinski definition) is 1. The van der Waals surface area contributed by atoms with Gasteiger partial charge < -0.3 is 5.32 Å². The van der Waals surface area contributed by atoms with E-state index in [1.807, 2.05) is 42.6 Å². The fraction of sp³-hybridized carbons (Fsp3) is 0.0769. The predicted octanol–water partition coefficient (Wildman–Crippen LogP) is 2.74. The molecule has 1 N–H and O–H groups in total. The summed E-state index contributed by atoms with van der Waals surface area (Å²) in [5, 5.41) is 3.31. The van der Waals surface area contributed by atoms with E-state index in [1.165, 1.54) is 5.56 Å². The maximum absolute atomic E-state index is 3.89. The van der Waals surface area contributed by atoms with E-state index in [9.17, 15) is 0 Å². The van der Waals surface area contributed by atoms with Gasteiger partial charge in [-0.3, -0.25) is 0 Å². The lowest BCUT2D eigenvalue weighted by Crippen LogP contribution is -2.36. The Bertz CT molecular complexity index is 375. The molecule has 0 saturated heterocycles. The smallest absolute Gasteiger partial charge is 0.0993 e. The maximum atomic E-state index is 3.89. The normalized spacial score (nSPS) is 24.3. The number of allylic oxidation sites excluding steroid dienone is 2. The lowest BCUT2D eigenvalue weighted by Gasteiger charge is -2.30. The zero-order chi connectivity index (χ0) is 9.86. The van der Waals surface area contributed by atoms with Crippen molar-refractivity contribution in [2.24, 2.45) is 0 Å². The van der Waals surface area contributed by atoms with Gasteiger partial charge in [0, 0.05) is 0 Å². The minimum Gasteiger partial charge on any atom is -0.375 e. The van der Waals surface area contributed by atoms with Gasteiger partial charge in [0.15, 0.2) is 0 Å². The van der Waals surface area contributed by atoms with E-state index in [-0.39, 0.29) is 5.54 Å². The molecule has 0 aromatic heterocycles. The standard InChI is InChI=1S/C13H13N/c1-2-13(10-6-7-11-14-13)12-8-4-3-5-9-12/h2-11,14H,1H2. The van der Waals surface area contributed by atoms with Crippen LogP contribution < -0.4 is 5.32 Å². The SMILES string of the molecule is C=CC1(c2ccccc2)C=CC=CN1. The molecule has 0 saturated carbocycles. The molecule has 70 valence electrons. The molecule has 1 heterocycles. The summed E-state index contributed by atoms with van der Waals surface area (Å²) in [6.45, 7) is 3.89. The number of benzene rings is 1. The van der Waals surface area contributed by atoms with Crippen molar-refractivity contribution in [1.29, 1.82) is 0 Å². The maximum Gasteiger partial charge on any atom is 0.0993 e. The van der Waals surface area contributed by atoms with E-state index in [0.717, 1.165) is 0 Å². The Morgan fingerprint density at radius 1 is 1.14 bits per heavy atom. The minimum absolute atomic E-state index is 0.240. The molecule has 1 heteroatoms. The first-order valence-corrected chi connectivity index (χ1v) is 4.68. The molecule has 14 heavy (non-hydrogen) atoms. The first-order chi connectivity index (χ1) is 6.87. The number of nitrogens with one attached hydrogen (secondary N) is 1. The minimum atomic E-state index is -0.240. The van der Waals surface area contributed by atoms with Gasteiger partial charge in [-0.05, 0) is 17.8 Å². The average molecular weight is 183 g/mol. The van der Waals surface area contributed by atoms with Gasteiger partial charge >= 0.3 is 0 Å². The van der Waals surface area contributed by atoms with Crippen LogP contribution in [0.4, 0.5) is 0 Å². The highest BCUT2D eigenvalue weighted by Gasteiger charge is 2.24. The summed E-state index contributed by atoms with van der Waals surface area (Å²) in [6, 6.07) is 10.3. The Labute approximate surface area is 84.5 Å². The Hall–Kier alpha value is -1.76. The topological polar surface area (TPSA) is 12.0 Å². The molecule has 1 unspecified atom stereocenters. The zero-order valence-corrected chi connectivity index (χ0v) is 7.98. The van der Waals surface area contributed by atoms with E-state index in [1.54, 1.807) is 0 Å². The highest BCUT2D eigenvalue weighted by Crippen LogP contribution is 2.25. The summed E-state index contributed by atoms with van der Waals surface area (Å²) in [6.07, 6.45) is 9.97. The molecule has 0 radical (unpaired) electrons. The van der Waals surface area contributed by atoms with Gasteiger partial charge in [-0.1, -0.05) is 48.6 Å². The quantitative estimate of drug-likeness (QED) is 0.695. The molecule has 1 aromatic carbocycles. The van der Waals surface area contributed by atoms with Crippen LogP contribution in [0, 0.1) is 0 Å². The van der Waals surface area contributed by atoms with Crippen LogP contribution in [0.1, 0.15) is 5.56 Å². The average Bonchev–Trinajstić information content (AvgIpc) is 2.31. The number of dihydropyridines is 1. The molecule has 1 atom stereocenters. The largest absolute Gasteiger partial charge is 0.375 e. The van der Waals surface area contributed by atoms with Crippen LogP contribution >= 0.6 is 0 Å². The summed E-state index contributed by atoms with van der Waals surface area (Å²) < 4.78 is 0. The highest BCUT2D eigenvalue weighted by atomic mass is 14.9. The number of hydrogen-bond donors (Lipinski definition) is 1. The van der Waals surface area contributed by atoms with Crippen molar-refractivity contribution < 1.29 is 0 Å². The van der Waals surface area contributed by atoms with Crippen molar-refractivity contribution in [1.82, 2.24) is 5.32 Å². The summed E-state index contributed by atoms with van der Waals surface area (Å²) in [5.41, 5.74) is 0.964. The summed E-state index contributed by atoms with van der Waals surface area (Å²) in [5.74, 6) is 0. The molecule has 0 fully saturated rings. The fourth-order valence-electron chi connectivity index (χ4n) is 1.64. The monoisotopic (exact) mass is 183 g/mol. The molecule has 1 aliphatic heterocycles. The van der Waals surface area contributed by atoms with Crippen LogP contribution in [0.5, 0.6) is 0 Å². The Kier molecular flexibility index (Phi) is 2.23. The van der Waals surface area contributed by atoms with Gasteiger partial charge in [0.25, 0.3) is 0 Å². The Morgan fingerprint density at radius 3 is 2.50 bits per heavy atom. The fourth-order valence-corrected chi connectivity index (χ4v) is 1.64. The van der Waals surface area contributed by atoms with E-state index < -0.39 is 0 Å². The third-order valence-electron chi connectivity index (χ3n) is 2.46. The van der Waals surface area contributed by atoms with Crippen LogP contribution in [0.2, 0.25) is 0 Å². The van der Waals surface area contributed by atoms with E-state index >= 15 is 0 Å². The van der Waals surface area contributed by atoms with Crippen molar-refractivity contribution in [3.8, 4) is 0 Å². The second kappa shape index (κ2) is 3.54. The molecule has 1 aliphatic rings. The molecular formula is C13H13N. The summed E-state index contributed by atoms with van der Waals surface area (Å²) >= 11 is 0. The van der Waals surface area contributed by atoms with Crippen LogP contribution in [0.25, 0.3) is 0 Å². The van der Waals surface area contributed by atoms with Crippen molar-refractivity contribution in [2.45, 2.75) is 5.54 Å². The zero-order valence-electron chi connectivity index (χ0n) is 7.98. The van der Waals surface area contributed by atoms with Crippen LogP contribution in [0.3, 0.4) is 0 Å². The summed E-state index contributed by atoms with van der Waals surface area (Å²) in [4.78, 5) is 0. The van der Waals surface area contributed by atoms with Crippen molar-refractivity contribution >= 4 is 0 Å². The van der Waals surface area contributed by atoms with Gasteiger partial charge in [-0.25, -0.2) is 0 Å². The lowest BCUT2D eigenvalue weighted by atomic mass is 9.88. The molecule has 0 amide bonds. The number of rotatable bonds is 2. The predicted molar refractivity (Wildman–Crippen MR) is 59.7 cm³/mol. The van der Waals surface area contributed by atoms with Crippen LogP contribution in [-0.4, -0.2) is 0 Å². The van der Waals surface area contributed by atoms with Crippen LogP contribution in [-0.2, 0) is 5.54 Å². The Balaban J connectivity index is 2.44. The van der Waals surface area contributed by atoms with Crippen LogP contribution in [0.15, 0.2) is 67.4 Å². The molecule has 0 spiro atoms. The third kappa shape index (κ3) is 1.37. The van der Waals surface area contributed by atoms with Crippen molar-refractivity contribution in [3.05, 3.63) is 73.0 Å². The lowest BCUT2D eigenvalue weighted by molar-refractivity contribution is 0.591. The van der Waals surface area contributed by atoms with Crippen molar-refractivity contribution in [2.75, 3.05) is 0 Å². The molecular weight excluding hydrogens is 170 g/mol. The van der Waals surface area contributed by atoms with Gasteiger partial charge in [-0.2, -0.15) is 0 Å². The van der Waals surface area contributed by atoms with Gasteiger partial charge in [0.05, 0.1) is 5.54 Å². The second-order valence-electron chi connectivity index (χ2n) is 3.30. The third-order valence-corrected chi connectivity index (χ3v) is 2.46. The van der Waals surface area contributed by atoms with E-state index in [2.05, 4.69) is 30.1 Å². The molecule has 1 aromatic rings. The molecule has 0 bridgehead atoms. The van der Waals surface area contributed by atoms with Gasteiger partial charge in [-0.15, -0.1) is 6.58 Å². The highest BCUT2D eigenvalue weighted by molar-refractivity contribution is 5.38. The van der Waals surface area contributed by atoms with E-state index in [4.69, 9.17) is 0 Å². The first kappa shape index (κ1) is 8.82. The summed E-state index contributed by atoms with van der Waals surface area (Å²) in [7, 11) is 0. The van der Waals surface area contributed by atoms with Crippen molar-refractivity contribution in [3.63, 3.8) is 0 Å². The second-order valence-corrected chi connectivity index (χ2v) is 3.30. The van der Waals surface area contributed by atoms with Gasteiger partial charge in [0.1, 0.15) is 0 Å². The first-order valence-electron chi connectivity index (χ1n) is 4.68. The van der Waals surface area contributed by atoms with E-state index in [0.29, 0.717) is 0 Å². The molecule has 0 aliphatic carbocycles. The van der Waals surface area contributed by atoms with Gasteiger partial charge in [0.2, 0.25) is 0 Å². The molecule has 2 rings (SSSR count).